The van der Waals surface area contributed by atoms with Gasteiger partial charge in [-0.15, -0.1) is 0 Å². The van der Waals surface area contributed by atoms with Crippen molar-refractivity contribution in [3.8, 4) is 17.2 Å². The SMILES string of the molecule is COc1cc(S(=O)(=O)NCCOc2ccccc2)c(OC)cc1Cl. The van der Waals surface area contributed by atoms with Gasteiger partial charge in [0.05, 0.1) is 19.2 Å². The second-order valence-corrected chi connectivity index (χ2v) is 6.84. The molecule has 0 fully saturated rings. The highest BCUT2D eigenvalue weighted by Gasteiger charge is 2.22. The van der Waals surface area contributed by atoms with Crippen LogP contribution >= 0.6 is 11.6 Å². The first-order chi connectivity index (χ1) is 11.5. The van der Waals surface area contributed by atoms with Gasteiger partial charge < -0.3 is 14.2 Å². The molecule has 2 rings (SSSR count). The molecule has 0 amide bonds. The molecule has 2 aromatic rings. The third-order valence-electron chi connectivity index (χ3n) is 3.13. The molecule has 0 heterocycles. The van der Waals surface area contributed by atoms with Crippen LogP contribution in [0, 0.1) is 0 Å². The average Bonchev–Trinajstić information content (AvgIpc) is 2.59. The Morgan fingerprint density at radius 3 is 2.33 bits per heavy atom. The largest absolute Gasteiger partial charge is 0.495 e. The van der Waals surface area contributed by atoms with Gasteiger partial charge in [0.15, 0.2) is 0 Å². The molecule has 0 radical (unpaired) electrons. The Balaban J connectivity index is 2.07. The Kier molecular flexibility index (Phi) is 6.30. The molecule has 0 atom stereocenters. The highest BCUT2D eigenvalue weighted by atomic mass is 35.5. The molecule has 0 spiro atoms. The van der Waals surface area contributed by atoms with Crippen LogP contribution in [-0.2, 0) is 10.0 Å². The molecule has 0 aliphatic carbocycles. The van der Waals surface area contributed by atoms with Gasteiger partial charge >= 0.3 is 0 Å². The van der Waals surface area contributed by atoms with E-state index in [1.165, 1.54) is 26.4 Å². The molecule has 130 valence electrons. The summed E-state index contributed by atoms with van der Waals surface area (Å²) < 4.78 is 43.0. The number of benzene rings is 2. The maximum absolute atomic E-state index is 12.5. The van der Waals surface area contributed by atoms with E-state index in [0.29, 0.717) is 5.75 Å². The van der Waals surface area contributed by atoms with Gasteiger partial charge in [-0.05, 0) is 12.1 Å². The van der Waals surface area contributed by atoms with E-state index in [1.54, 1.807) is 12.1 Å². The second kappa shape index (κ2) is 8.23. The fourth-order valence-corrected chi connectivity index (χ4v) is 3.39. The zero-order valence-electron chi connectivity index (χ0n) is 13.3. The maximum atomic E-state index is 12.5. The summed E-state index contributed by atoms with van der Waals surface area (Å²) in [5.41, 5.74) is 0. The summed E-state index contributed by atoms with van der Waals surface area (Å²) in [6, 6.07) is 11.9. The van der Waals surface area contributed by atoms with Crippen LogP contribution < -0.4 is 18.9 Å². The zero-order chi connectivity index (χ0) is 17.6. The summed E-state index contributed by atoms with van der Waals surface area (Å²) in [5, 5.41) is 0.265. The molecule has 0 bridgehead atoms. The van der Waals surface area contributed by atoms with Crippen molar-refractivity contribution in [2.24, 2.45) is 0 Å². The molecule has 6 nitrogen and oxygen atoms in total. The predicted molar refractivity (Wildman–Crippen MR) is 91.7 cm³/mol. The van der Waals surface area contributed by atoms with Crippen molar-refractivity contribution < 1.29 is 22.6 Å². The minimum Gasteiger partial charge on any atom is -0.495 e. The molecule has 1 N–H and O–H groups in total. The second-order valence-electron chi connectivity index (χ2n) is 4.70. The van der Waals surface area contributed by atoms with Crippen molar-refractivity contribution in [2.45, 2.75) is 4.90 Å². The molecule has 0 saturated heterocycles. The maximum Gasteiger partial charge on any atom is 0.244 e. The fourth-order valence-electron chi connectivity index (χ4n) is 1.98. The number of rotatable bonds is 8. The van der Waals surface area contributed by atoms with E-state index in [0.717, 1.165) is 0 Å². The van der Waals surface area contributed by atoms with E-state index in [-0.39, 0.29) is 34.6 Å². The zero-order valence-corrected chi connectivity index (χ0v) is 14.9. The number of halogens is 1. The topological polar surface area (TPSA) is 73.9 Å². The van der Waals surface area contributed by atoms with Gasteiger partial charge in [0.2, 0.25) is 10.0 Å². The monoisotopic (exact) mass is 371 g/mol. The Morgan fingerprint density at radius 2 is 1.71 bits per heavy atom. The Hall–Kier alpha value is -1.96. The summed E-state index contributed by atoms with van der Waals surface area (Å²) in [4.78, 5) is -0.0500. The molecule has 0 unspecified atom stereocenters. The first-order valence-corrected chi connectivity index (χ1v) is 8.93. The van der Waals surface area contributed by atoms with E-state index in [9.17, 15) is 8.42 Å². The number of hydrogen-bond acceptors (Lipinski definition) is 5. The van der Waals surface area contributed by atoms with Crippen molar-refractivity contribution in [1.29, 1.82) is 0 Å². The van der Waals surface area contributed by atoms with Gasteiger partial charge in [0, 0.05) is 18.7 Å². The van der Waals surface area contributed by atoms with Crippen molar-refractivity contribution in [3.63, 3.8) is 0 Å². The van der Waals surface area contributed by atoms with Crippen molar-refractivity contribution >= 4 is 21.6 Å². The smallest absolute Gasteiger partial charge is 0.244 e. The quantitative estimate of drug-likeness (QED) is 0.722. The van der Waals surface area contributed by atoms with Crippen LogP contribution in [0.15, 0.2) is 47.4 Å². The molecule has 0 aromatic heterocycles. The summed E-state index contributed by atoms with van der Waals surface area (Å²) >= 11 is 5.98. The number of ether oxygens (including phenoxy) is 3. The number of nitrogens with one attached hydrogen (secondary N) is 1. The lowest BCUT2D eigenvalue weighted by molar-refractivity contribution is 0.322. The van der Waals surface area contributed by atoms with Gasteiger partial charge in [-0.3, -0.25) is 0 Å². The highest BCUT2D eigenvalue weighted by molar-refractivity contribution is 7.89. The molecule has 0 saturated carbocycles. The normalized spacial score (nSPS) is 11.1. The van der Waals surface area contributed by atoms with E-state index >= 15 is 0 Å². The van der Waals surface area contributed by atoms with Crippen molar-refractivity contribution in [1.82, 2.24) is 4.72 Å². The number of sulfonamides is 1. The van der Waals surface area contributed by atoms with Crippen LogP contribution in [0.25, 0.3) is 0 Å². The van der Waals surface area contributed by atoms with Crippen LogP contribution in [0.3, 0.4) is 0 Å². The van der Waals surface area contributed by atoms with E-state index in [4.69, 9.17) is 25.8 Å². The van der Waals surface area contributed by atoms with Crippen molar-refractivity contribution in [3.05, 3.63) is 47.5 Å². The van der Waals surface area contributed by atoms with E-state index in [1.807, 2.05) is 18.2 Å². The molecule has 0 aliphatic rings. The molecule has 0 aliphatic heterocycles. The molecular weight excluding hydrogens is 354 g/mol. The fraction of sp³-hybridized carbons (Fsp3) is 0.250. The number of para-hydroxylation sites is 1. The van der Waals surface area contributed by atoms with E-state index in [2.05, 4.69) is 4.72 Å². The van der Waals surface area contributed by atoms with Gasteiger partial charge in [-0.25, -0.2) is 13.1 Å². The standard InChI is InChI=1S/C16H18ClNO5S/c1-21-14-11-16(15(22-2)10-13(14)17)24(19,20)18-8-9-23-12-6-4-3-5-7-12/h3-7,10-11,18H,8-9H2,1-2H3. The first kappa shape index (κ1) is 18.4. The predicted octanol–water partition coefficient (Wildman–Crippen LogP) is 2.71. The third kappa shape index (κ3) is 4.53. The summed E-state index contributed by atoms with van der Waals surface area (Å²) in [6.45, 7) is 0.293. The van der Waals surface area contributed by atoms with Gasteiger partial charge in [0.1, 0.15) is 28.8 Å². The number of methoxy groups -OCH3 is 2. The average molecular weight is 372 g/mol. The molecule has 8 heteroatoms. The van der Waals surface area contributed by atoms with Crippen LogP contribution in [-0.4, -0.2) is 35.8 Å². The van der Waals surface area contributed by atoms with Gasteiger partial charge in [-0.1, -0.05) is 29.8 Å². The minimum atomic E-state index is -3.80. The Labute approximate surface area is 146 Å². The third-order valence-corrected chi connectivity index (χ3v) is 4.91. The van der Waals surface area contributed by atoms with Gasteiger partial charge in [0.25, 0.3) is 0 Å². The highest BCUT2D eigenvalue weighted by Crippen LogP contribution is 2.34. The van der Waals surface area contributed by atoms with Gasteiger partial charge in [-0.2, -0.15) is 0 Å². The first-order valence-electron chi connectivity index (χ1n) is 7.07. The van der Waals surface area contributed by atoms with E-state index < -0.39 is 10.0 Å². The summed E-state index contributed by atoms with van der Waals surface area (Å²) in [5.74, 6) is 1.05. The lowest BCUT2D eigenvalue weighted by atomic mass is 10.3. The Bertz CT molecular complexity index is 781. The lowest BCUT2D eigenvalue weighted by Crippen LogP contribution is -2.28. The van der Waals surface area contributed by atoms with Crippen LogP contribution in [0.2, 0.25) is 5.02 Å². The lowest BCUT2D eigenvalue weighted by Gasteiger charge is -2.13. The molecule has 24 heavy (non-hydrogen) atoms. The number of hydrogen-bond donors (Lipinski definition) is 1. The molecule has 2 aromatic carbocycles. The van der Waals surface area contributed by atoms with Crippen LogP contribution in [0.4, 0.5) is 0 Å². The summed E-state index contributed by atoms with van der Waals surface area (Å²) in [7, 11) is -1.02. The van der Waals surface area contributed by atoms with Crippen LogP contribution in [0.5, 0.6) is 17.2 Å². The summed E-state index contributed by atoms with van der Waals surface area (Å²) in [6.07, 6.45) is 0. The molecular formula is C16H18ClNO5S. The minimum absolute atomic E-state index is 0.0500. The van der Waals surface area contributed by atoms with Crippen molar-refractivity contribution in [2.75, 3.05) is 27.4 Å². The van der Waals surface area contributed by atoms with Crippen LogP contribution in [0.1, 0.15) is 0 Å². The Morgan fingerprint density at radius 1 is 1.04 bits per heavy atom.